The molecule has 1 saturated heterocycles. The molecule has 1 unspecified atom stereocenters. The van der Waals surface area contributed by atoms with Crippen molar-refractivity contribution in [2.24, 2.45) is 17.8 Å². The maximum absolute atomic E-state index is 12.9. The lowest BCUT2D eigenvalue weighted by molar-refractivity contribution is -0.154. The van der Waals surface area contributed by atoms with E-state index in [0.717, 1.165) is 31.4 Å². The number of carbonyl (C=O) groups is 1. The lowest BCUT2D eigenvalue weighted by Crippen LogP contribution is -2.38. The fourth-order valence-electron chi connectivity index (χ4n) is 5.35. The maximum atomic E-state index is 12.9. The average molecular weight is 367 g/mol. The van der Waals surface area contributed by atoms with Gasteiger partial charge in [-0.05, 0) is 63.3 Å². The molecule has 2 fully saturated rings. The van der Waals surface area contributed by atoms with Gasteiger partial charge in [-0.2, -0.15) is 0 Å². The summed E-state index contributed by atoms with van der Waals surface area (Å²) in [7, 11) is 0. The summed E-state index contributed by atoms with van der Waals surface area (Å²) in [6.07, 6.45) is 7.70. The summed E-state index contributed by atoms with van der Waals surface area (Å²) >= 11 is 0. The standard InChI is InChI=1S/C24H30O3/c1-6-16-9-10-17(7-2)24(16)14-21(22(25)27-24)20-12-15-8-11-18(13-19(15)20)26-23(3,4)5/h6-8,11,13,16-17,20-21H,1-2,9-10,12,14H2,3-5H3/t16-,17-,20?,21+/m1/s1. The van der Waals surface area contributed by atoms with Gasteiger partial charge in [-0.1, -0.05) is 18.2 Å². The lowest BCUT2D eigenvalue weighted by atomic mass is 9.67. The SMILES string of the molecule is C=C[C@@H]1CC[C@@H](C=C)C12C[C@@H](C1Cc3ccc(OC(C)(C)C)cc31)C(=O)O2. The Balaban J connectivity index is 1.59. The highest BCUT2D eigenvalue weighted by Gasteiger charge is 2.59. The summed E-state index contributed by atoms with van der Waals surface area (Å²) in [6, 6.07) is 6.29. The molecule has 3 nitrogen and oxygen atoms in total. The van der Waals surface area contributed by atoms with Gasteiger partial charge in [-0.3, -0.25) is 4.79 Å². The minimum absolute atomic E-state index is 0.0478. The van der Waals surface area contributed by atoms with Crippen LogP contribution in [0.4, 0.5) is 0 Å². The Morgan fingerprint density at radius 1 is 1.15 bits per heavy atom. The minimum Gasteiger partial charge on any atom is -0.488 e. The van der Waals surface area contributed by atoms with Gasteiger partial charge in [0.15, 0.2) is 0 Å². The van der Waals surface area contributed by atoms with Gasteiger partial charge in [0.2, 0.25) is 0 Å². The Bertz CT molecular complexity index is 769. The Morgan fingerprint density at radius 2 is 1.81 bits per heavy atom. The molecule has 0 aromatic heterocycles. The van der Waals surface area contributed by atoms with E-state index in [-0.39, 0.29) is 35.2 Å². The fourth-order valence-corrected chi connectivity index (χ4v) is 5.35. The van der Waals surface area contributed by atoms with E-state index in [1.165, 1.54) is 11.1 Å². The maximum Gasteiger partial charge on any atom is 0.310 e. The van der Waals surface area contributed by atoms with Crippen LogP contribution in [0.3, 0.4) is 0 Å². The third-order valence-corrected chi connectivity index (χ3v) is 6.61. The first-order valence-corrected chi connectivity index (χ1v) is 10.1. The number of hydrogen-bond donors (Lipinski definition) is 0. The summed E-state index contributed by atoms with van der Waals surface area (Å²) in [5.41, 5.74) is 1.91. The van der Waals surface area contributed by atoms with Crippen molar-refractivity contribution >= 4 is 5.97 Å². The van der Waals surface area contributed by atoms with Crippen molar-refractivity contribution in [3.8, 4) is 5.75 Å². The molecule has 4 atom stereocenters. The van der Waals surface area contributed by atoms with Crippen molar-refractivity contribution in [1.29, 1.82) is 0 Å². The van der Waals surface area contributed by atoms with E-state index in [1.54, 1.807) is 0 Å². The van der Waals surface area contributed by atoms with Gasteiger partial charge >= 0.3 is 5.97 Å². The number of rotatable bonds is 4. The normalized spacial score (nSPS) is 31.1. The molecular formula is C24H30O3. The molecule has 1 aliphatic heterocycles. The zero-order valence-electron chi connectivity index (χ0n) is 16.7. The Morgan fingerprint density at radius 3 is 2.41 bits per heavy atom. The van der Waals surface area contributed by atoms with Crippen molar-refractivity contribution < 1.29 is 14.3 Å². The number of esters is 1. The molecule has 3 aliphatic rings. The van der Waals surface area contributed by atoms with E-state index in [2.05, 4.69) is 25.3 Å². The van der Waals surface area contributed by atoms with Crippen LogP contribution >= 0.6 is 0 Å². The molecule has 3 heteroatoms. The summed E-state index contributed by atoms with van der Waals surface area (Å²) in [6.45, 7) is 14.1. The molecule has 0 radical (unpaired) electrons. The average Bonchev–Trinajstić information content (AvgIpc) is 3.09. The molecule has 144 valence electrons. The second-order valence-electron chi connectivity index (χ2n) is 9.33. The molecule has 0 amide bonds. The first kappa shape index (κ1) is 18.3. The van der Waals surface area contributed by atoms with E-state index in [0.29, 0.717) is 0 Å². The summed E-state index contributed by atoms with van der Waals surface area (Å²) in [5.74, 6) is 1.43. The van der Waals surface area contributed by atoms with Crippen LogP contribution in [0.25, 0.3) is 0 Å². The molecule has 1 spiro atoms. The summed E-state index contributed by atoms with van der Waals surface area (Å²) in [5, 5.41) is 0. The molecule has 27 heavy (non-hydrogen) atoms. The molecule has 4 rings (SSSR count). The van der Waals surface area contributed by atoms with E-state index in [9.17, 15) is 4.79 Å². The smallest absolute Gasteiger partial charge is 0.310 e. The van der Waals surface area contributed by atoms with Crippen LogP contribution in [0.2, 0.25) is 0 Å². The predicted octanol–water partition coefficient (Wildman–Crippen LogP) is 5.20. The van der Waals surface area contributed by atoms with Gasteiger partial charge in [-0.25, -0.2) is 0 Å². The van der Waals surface area contributed by atoms with Crippen molar-refractivity contribution in [3.63, 3.8) is 0 Å². The Labute approximate surface area is 162 Å². The quantitative estimate of drug-likeness (QED) is 0.542. The minimum atomic E-state index is -0.430. The van der Waals surface area contributed by atoms with Crippen molar-refractivity contribution in [1.82, 2.24) is 0 Å². The van der Waals surface area contributed by atoms with E-state index < -0.39 is 5.60 Å². The zero-order chi connectivity index (χ0) is 19.4. The first-order chi connectivity index (χ1) is 12.8. The third kappa shape index (κ3) is 2.92. The number of hydrogen-bond acceptors (Lipinski definition) is 3. The first-order valence-electron chi connectivity index (χ1n) is 10.1. The lowest BCUT2D eigenvalue weighted by Gasteiger charge is -2.36. The second-order valence-corrected chi connectivity index (χ2v) is 9.33. The van der Waals surface area contributed by atoms with Gasteiger partial charge in [-0.15, -0.1) is 13.2 Å². The van der Waals surface area contributed by atoms with Crippen LogP contribution in [-0.4, -0.2) is 17.2 Å². The van der Waals surface area contributed by atoms with Crippen molar-refractivity contribution in [2.75, 3.05) is 0 Å². The Hall–Kier alpha value is -2.03. The highest BCUT2D eigenvalue weighted by Crippen LogP contribution is 2.56. The van der Waals surface area contributed by atoms with Crippen LogP contribution < -0.4 is 4.74 Å². The van der Waals surface area contributed by atoms with Gasteiger partial charge in [0.05, 0.1) is 5.92 Å². The van der Waals surface area contributed by atoms with Gasteiger partial charge in [0.1, 0.15) is 17.0 Å². The van der Waals surface area contributed by atoms with Crippen LogP contribution in [-0.2, 0) is 16.0 Å². The summed E-state index contributed by atoms with van der Waals surface area (Å²) < 4.78 is 12.1. The molecule has 1 heterocycles. The van der Waals surface area contributed by atoms with Crippen molar-refractivity contribution in [2.45, 2.75) is 63.6 Å². The van der Waals surface area contributed by atoms with Gasteiger partial charge < -0.3 is 9.47 Å². The monoisotopic (exact) mass is 366 g/mol. The molecule has 0 N–H and O–H groups in total. The number of carbonyl (C=O) groups excluding carboxylic acids is 1. The van der Waals surface area contributed by atoms with Gasteiger partial charge in [0.25, 0.3) is 0 Å². The molecular weight excluding hydrogens is 336 g/mol. The van der Waals surface area contributed by atoms with Gasteiger partial charge in [0, 0.05) is 24.2 Å². The summed E-state index contributed by atoms with van der Waals surface area (Å²) in [4.78, 5) is 12.9. The van der Waals surface area contributed by atoms with E-state index in [1.807, 2.05) is 39.0 Å². The number of benzene rings is 1. The van der Waals surface area contributed by atoms with Crippen molar-refractivity contribution in [3.05, 3.63) is 54.6 Å². The second kappa shape index (κ2) is 6.25. The highest BCUT2D eigenvalue weighted by atomic mass is 16.6. The third-order valence-electron chi connectivity index (χ3n) is 6.61. The van der Waals surface area contributed by atoms with E-state index >= 15 is 0 Å². The highest BCUT2D eigenvalue weighted by molar-refractivity contribution is 5.78. The number of ether oxygens (including phenoxy) is 2. The number of fused-ring (bicyclic) bond motifs is 1. The van der Waals surface area contributed by atoms with Crippen LogP contribution in [0.5, 0.6) is 5.75 Å². The molecule has 1 saturated carbocycles. The molecule has 1 aromatic rings. The molecule has 2 aliphatic carbocycles. The fraction of sp³-hybridized carbons (Fsp3) is 0.542. The van der Waals surface area contributed by atoms with Crippen LogP contribution in [0, 0.1) is 17.8 Å². The van der Waals surface area contributed by atoms with E-state index in [4.69, 9.17) is 9.47 Å². The molecule has 1 aromatic carbocycles. The topological polar surface area (TPSA) is 35.5 Å². The molecule has 0 bridgehead atoms. The largest absolute Gasteiger partial charge is 0.488 e. The van der Waals surface area contributed by atoms with Crippen LogP contribution in [0.1, 0.15) is 57.1 Å². The zero-order valence-corrected chi connectivity index (χ0v) is 16.7. The Kier molecular flexibility index (Phi) is 4.25. The van der Waals surface area contributed by atoms with Crippen LogP contribution in [0.15, 0.2) is 43.5 Å². The predicted molar refractivity (Wildman–Crippen MR) is 107 cm³/mol.